The fourth-order valence-electron chi connectivity index (χ4n) is 4.38. The van der Waals surface area contributed by atoms with Gasteiger partial charge in [0, 0.05) is 36.8 Å². The summed E-state index contributed by atoms with van der Waals surface area (Å²) in [6, 6.07) is 12.1. The van der Waals surface area contributed by atoms with Crippen molar-refractivity contribution in [2.45, 2.75) is 25.3 Å². The lowest BCUT2D eigenvalue weighted by Gasteiger charge is -2.33. The summed E-state index contributed by atoms with van der Waals surface area (Å²) in [5.74, 6) is 1.61. The fourth-order valence-corrected chi connectivity index (χ4v) is 4.38. The number of fused-ring (bicyclic) bond motifs is 6. The molecule has 0 amide bonds. The van der Waals surface area contributed by atoms with E-state index in [1.165, 1.54) is 12.1 Å². The number of hydrogen-bond donors (Lipinski definition) is 2. The average Bonchev–Trinajstić information content (AvgIpc) is 2.82. The van der Waals surface area contributed by atoms with Gasteiger partial charge in [0.25, 0.3) is 0 Å². The fraction of sp³-hybridized carbons (Fsp3) is 0.320. The maximum Gasteiger partial charge on any atom is 0.229 e. The highest BCUT2D eigenvalue weighted by Gasteiger charge is 2.30. The monoisotopic (exact) mass is 444 g/mol. The highest BCUT2D eigenvalue weighted by Crippen LogP contribution is 2.37. The van der Waals surface area contributed by atoms with E-state index < -0.39 is 0 Å². The lowest BCUT2D eigenvalue weighted by atomic mass is 9.89. The van der Waals surface area contributed by atoms with Crippen LogP contribution in [0.15, 0.2) is 42.5 Å². The van der Waals surface area contributed by atoms with E-state index >= 15 is 0 Å². The largest absolute Gasteiger partial charge is 0.505 e. The molecule has 7 nitrogen and oxygen atoms in total. The van der Waals surface area contributed by atoms with Crippen LogP contribution in [-0.2, 0) is 6.54 Å². The summed E-state index contributed by atoms with van der Waals surface area (Å²) in [7, 11) is 2.08. The Morgan fingerprint density at radius 3 is 2.82 bits per heavy atom. The third-order valence-corrected chi connectivity index (χ3v) is 6.02. The molecule has 1 aromatic heterocycles. The molecular formula is C25H25FN6O. The summed E-state index contributed by atoms with van der Waals surface area (Å²) in [5.41, 5.74) is 4.28. The van der Waals surface area contributed by atoms with Gasteiger partial charge in [0.2, 0.25) is 11.6 Å². The van der Waals surface area contributed by atoms with Crippen LogP contribution >= 0.6 is 0 Å². The first-order valence-corrected chi connectivity index (χ1v) is 11.1. The Morgan fingerprint density at radius 2 is 2.00 bits per heavy atom. The number of anilines is 3. The normalized spacial score (nSPS) is 18.2. The quantitative estimate of drug-likeness (QED) is 0.511. The van der Waals surface area contributed by atoms with E-state index in [1.807, 2.05) is 24.3 Å². The number of halogens is 1. The van der Waals surface area contributed by atoms with Crippen molar-refractivity contribution in [2.75, 3.05) is 37.4 Å². The third kappa shape index (κ3) is 4.45. The summed E-state index contributed by atoms with van der Waals surface area (Å²) in [6.07, 6.45) is 1.77. The number of hydrogen-bond acceptors (Lipinski definition) is 6. The van der Waals surface area contributed by atoms with Gasteiger partial charge in [0.05, 0.1) is 18.9 Å². The van der Waals surface area contributed by atoms with Gasteiger partial charge in [-0.05, 0) is 49.7 Å². The topological polar surface area (TPSA) is 66.7 Å². The number of nitrogens with one attached hydrogen (secondary N) is 2. The predicted molar refractivity (Wildman–Crippen MR) is 126 cm³/mol. The highest BCUT2D eigenvalue weighted by atomic mass is 19.1. The third-order valence-electron chi connectivity index (χ3n) is 6.02. The van der Waals surface area contributed by atoms with E-state index in [-0.39, 0.29) is 11.7 Å². The zero-order chi connectivity index (χ0) is 22.8. The van der Waals surface area contributed by atoms with Gasteiger partial charge in [-0.25, -0.2) is 14.2 Å². The van der Waals surface area contributed by atoms with Gasteiger partial charge in [0.1, 0.15) is 17.4 Å². The van der Waals surface area contributed by atoms with Gasteiger partial charge >= 0.3 is 0 Å². The van der Waals surface area contributed by atoms with Gasteiger partial charge in [-0.2, -0.15) is 4.98 Å². The molecule has 0 radical (unpaired) electrons. The maximum atomic E-state index is 13.6. The molecule has 1 atom stereocenters. The van der Waals surface area contributed by atoms with Crippen molar-refractivity contribution >= 4 is 23.1 Å². The Hall–Kier alpha value is -3.70. The first kappa shape index (κ1) is 21.2. The van der Waals surface area contributed by atoms with Crippen LogP contribution in [0.5, 0.6) is 5.75 Å². The minimum absolute atomic E-state index is 0.00233. The first-order valence-electron chi connectivity index (χ1n) is 11.1. The maximum absolute atomic E-state index is 13.6. The van der Waals surface area contributed by atoms with Crippen molar-refractivity contribution in [3.63, 3.8) is 0 Å². The Kier molecular flexibility index (Phi) is 5.80. The molecule has 3 heterocycles. The molecular weight excluding hydrogens is 419 g/mol. The van der Waals surface area contributed by atoms with Gasteiger partial charge in [-0.1, -0.05) is 18.2 Å². The Morgan fingerprint density at radius 1 is 1.15 bits per heavy atom. The molecule has 33 heavy (non-hydrogen) atoms. The zero-order valence-electron chi connectivity index (χ0n) is 18.4. The molecule has 1 unspecified atom stereocenters. The van der Waals surface area contributed by atoms with E-state index in [9.17, 15) is 4.39 Å². The zero-order valence-corrected chi connectivity index (χ0v) is 18.4. The minimum Gasteiger partial charge on any atom is -0.505 e. The molecule has 168 valence electrons. The van der Waals surface area contributed by atoms with Crippen molar-refractivity contribution in [1.82, 2.24) is 14.9 Å². The summed E-state index contributed by atoms with van der Waals surface area (Å²) in [4.78, 5) is 15.5. The van der Waals surface area contributed by atoms with E-state index in [0.717, 1.165) is 60.8 Å². The Labute approximate surface area is 192 Å². The van der Waals surface area contributed by atoms with Crippen molar-refractivity contribution in [3.8, 4) is 5.75 Å². The SMILES string of the molecule is [C-]#[N+]c1ccc2cc1OCCCCNc1nc(nc3c1CN(C)CC3c1ccc(F)cc1)N2. The molecule has 0 spiro atoms. The van der Waals surface area contributed by atoms with Crippen molar-refractivity contribution in [3.05, 3.63) is 76.5 Å². The lowest BCUT2D eigenvalue weighted by Crippen LogP contribution is -2.33. The molecule has 0 aliphatic carbocycles. The summed E-state index contributed by atoms with van der Waals surface area (Å²) in [5, 5.41) is 6.80. The first-order chi connectivity index (χ1) is 16.1. The van der Waals surface area contributed by atoms with Crippen LogP contribution in [0, 0.1) is 12.4 Å². The standard InChI is InChI=1S/C25H25FN6O/c1-27-21-10-9-18-13-22(21)33-12-4-3-11-28-24-20-15-32(2)14-19(16-5-7-17(26)8-6-16)23(20)30-25(29-18)31-24/h5-10,13,19H,3-4,11-12,14-15H2,2H3,(H2,28,29,30,31). The number of rotatable bonds is 1. The molecule has 0 saturated carbocycles. The van der Waals surface area contributed by atoms with Gasteiger partial charge in [0.15, 0.2) is 0 Å². The molecule has 0 saturated heterocycles. The van der Waals surface area contributed by atoms with Crippen LogP contribution in [0.1, 0.15) is 35.6 Å². The molecule has 8 heteroatoms. The highest BCUT2D eigenvalue weighted by molar-refractivity contribution is 5.67. The summed E-state index contributed by atoms with van der Waals surface area (Å²) in [6.45, 7) is 10.2. The molecule has 5 rings (SSSR count). The average molecular weight is 445 g/mol. The van der Waals surface area contributed by atoms with Gasteiger partial charge < -0.3 is 20.3 Å². The number of ether oxygens (including phenoxy) is 1. The number of aromatic nitrogens is 2. The Bertz CT molecular complexity index is 1210. The second-order valence-electron chi connectivity index (χ2n) is 8.46. The van der Waals surface area contributed by atoms with E-state index in [0.29, 0.717) is 24.0 Å². The lowest BCUT2D eigenvalue weighted by molar-refractivity contribution is 0.291. The molecule has 2 N–H and O–H groups in total. The van der Waals surface area contributed by atoms with Gasteiger partial charge in [-0.15, -0.1) is 0 Å². The second-order valence-corrected chi connectivity index (χ2v) is 8.46. The van der Waals surface area contributed by atoms with Crippen LogP contribution < -0.4 is 15.4 Å². The molecule has 2 aliphatic heterocycles. The minimum atomic E-state index is -0.248. The molecule has 3 aromatic rings. The summed E-state index contributed by atoms with van der Waals surface area (Å²) < 4.78 is 19.5. The van der Waals surface area contributed by atoms with E-state index in [1.54, 1.807) is 6.07 Å². The smallest absolute Gasteiger partial charge is 0.229 e. The van der Waals surface area contributed by atoms with Crippen molar-refractivity contribution in [2.24, 2.45) is 0 Å². The molecule has 2 aliphatic rings. The van der Waals surface area contributed by atoms with Gasteiger partial charge in [-0.3, -0.25) is 0 Å². The van der Waals surface area contributed by atoms with Crippen molar-refractivity contribution in [1.29, 1.82) is 0 Å². The molecule has 4 bridgehead atoms. The number of benzene rings is 2. The number of likely N-dealkylation sites (N-methyl/N-ethyl adjacent to an activating group) is 1. The van der Waals surface area contributed by atoms with Crippen LogP contribution in [0.3, 0.4) is 0 Å². The van der Waals surface area contributed by atoms with Crippen LogP contribution in [-0.4, -0.2) is 41.6 Å². The molecule has 2 aromatic carbocycles. The molecule has 0 fully saturated rings. The van der Waals surface area contributed by atoms with E-state index in [4.69, 9.17) is 21.3 Å². The van der Waals surface area contributed by atoms with Crippen LogP contribution in [0.4, 0.5) is 27.5 Å². The van der Waals surface area contributed by atoms with E-state index in [2.05, 4.69) is 27.4 Å². The predicted octanol–water partition coefficient (Wildman–Crippen LogP) is 5.07. The summed E-state index contributed by atoms with van der Waals surface area (Å²) >= 11 is 0. The van der Waals surface area contributed by atoms with Crippen LogP contribution in [0.25, 0.3) is 4.85 Å². The number of nitrogens with zero attached hydrogens (tertiary/aromatic N) is 4. The Balaban J connectivity index is 1.60. The van der Waals surface area contributed by atoms with Crippen molar-refractivity contribution < 1.29 is 9.13 Å². The second kappa shape index (κ2) is 9.04. The van der Waals surface area contributed by atoms with Crippen LogP contribution in [0.2, 0.25) is 0 Å².